The zero-order chi connectivity index (χ0) is 18.5. The summed E-state index contributed by atoms with van der Waals surface area (Å²) in [7, 11) is 0. The van der Waals surface area contributed by atoms with E-state index in [-0.39, 0.29) is 18.1 Å². The lowest BCUT2D eigenvalue weighted by molar-refractivity contribution is -0.121. The van der Waals surface area contributed by atoms with E-state index >= 15 is 0 Å². The second-order valence-corrected chi connectivity index (χ2v) is 5.04. The van der Waals surface area contributed by atoms with Crippen LogP contribution in [0.25, 0.3) is 11.3 Å². The normalized spacial score (nSPS) is 10.9. The molecule has 0 radical (unpaired) electrons. The van der Waals surface area contributed by atoms with E-state index in [0.717, 1.165) is 4.68 Å². The van der Waals surface area contributed by atoms with Gasteiger partial charge in [-0.2, -0.15) is 5.10 Å². The molecular weight excluding hydrogens is 342 g/mol. The minimum absolute atomic E-state index is 0.0110. The molecule has 1 amide bonds. The molecule has 0 bridgehead atoms. The van der Waals surface area contributed by atoms with Gasteiger partial charge < -0.3 is 15.3 Å². The minimum Gasteiger partial charge on any atom is -0.478 e. The predicted octanol–water partition coefficient (Wildman–Crippen LogP) is 0.364. The van der Waals surface area contributed by atoms with Gasteiger partial charge in [-0.1, -0.05) is 23.3 Å². The molecule has 11 nitrogen and oxygen atoms in total. The minimum atomic E-state index is -1.05. The number of carbonyl (C=O) groups excluding carboxylic acids is 1. The van der Waals surface area contributed by atoms with Crippen molar-refractivity contribution >= 4 is 24.0 Å². The quantitative estimate of drug-likeness (QED) is 0.422. The molecule has 26 heavy (non-hydrogen) atoms. The summed E-state index contributed by atoms with van der Waals surface area (Å²) in [4.78, 5) is 23.0. The molecule has 132 valence electrons. The molecule has 11 heteroatoms. The highest BCUT2D eigenvalue weighted by Gasteiger charge is 2.13. The average Bonchev–Trinajstić information content (AvgIpc) is 3.24. The third-order valence-corrected chi connectivity index (χ3v) is 3.28. The van der Waals surface area contributed by atoms with Crippen molar-refractivity contribution in [1.82, 2.24) is 25.6 Å². The number of furan rings is 1. The summed E-state index contributed by atoms with van der Waals surface area (Å²) in [5.74, 6) is -0.818. The summed E-state index contributed by atoms with van der Waals surface area (Å²) < 4.78 is 6.66. The molecular formula is C15H13N7O4. The summed E-state index contributed by atoms with van der Waals surface area (Å²) in [6.45, 7) is -0.189. The Kier molecular flexibility index (Phi) is 4.69. The molecule has 0 spiro atoms. The van der Waals surface area contributed by atoms with E-state index in [4.69, 9.17) is 10.2 Å². The molecule has 2 aromatic heterocycles. The second-order valence-electron chi connectivity index (χ2n) is 5.04. The highest BCUT2D eigenvalue weighted by molar-refractivity contribution is 5.95. The van der Waals surface area contributed by atoms with Gasteiger partial charge in [-0.25, -0.2) is 14.9 Å². The monoisotopic (exact) mass is 355 g/mol. The van der Waals surface area contributed by atoms with Gasteiger partial charge in [0.25, 0.3) is 5.91 Å². The van der Waals surface area contributed by atoms with E-state index in [9.17, 15) is 14.7 Å². The Hall–Kier alpha value is -4.02. The molecule has 0 aliphatic heterocycles. The third-order valence-electron chi connectivity index (χ3n) is 3.28. The van der Waals surface area contributed by atoms with Gasteiger partial charge in [-0.05, 0) is 28.6 Å². The predicted molar refractivity (Wildman–Crippen MR) is 89.1 cm³/mol. The van der Waals surface area contributed by atoms with Crippen LogP contribution in [-0.4, -0.2) is 43.4 Å². The van der Waals surface area contributed by atoms with Gasteiger partial charge in [0, 0.05) is 5.56 Å². The number of hydrogen-bond donors (Lipinski definition) is 3. The number of nitrogens with zero attached hydrogens (tertiary/aromatic N) is 5. The number of aromatic carboxylic acids is 1. The van der Waals surface area contributed by atoms with Gasteiger partial charge in [-0.15, -0.1) is 0 Å². The Morgan fingerprint density at radius 2 is 2.12 bits per heavy atom. The maximum atomic E-state index is 11.7. The molecule has 3 aromatic rings. The van der Waals surface area contributed by atoms with Gasteiger partial charge in [-0.3, -0.25) is 4.79 Å². The Morgan fingerprint density at radius 1 is 1.31 bits per heavy atom. The first-order valence-corrected chi connectivity index (χ1v) is 7.30. The van der Waals surface area contributed by atoms with Gasteiger partial charge in [0.15, 0.2) is 0 Å². The number of rotatable bonds is 6. The number of benzene rings is 1. The number of hydrogen-bond acceptors (Lipinski definition) is 8. The van der Waals surface area contributed by atoms with Crippen LogP contribution in [0.1, 0.15) is 16.1 Å². The third kappa shape index (κ3) is 3.72. The topological polar surface area (TPSA) is 162 Å². The summed E-state index contributed by atoms with van der Waals surface area (Å²) in [6.07, 6.45) is 1.29. The first kappa shape index (κ1) is 16.8. The number of aromatic nitrogens is 4. The van der Waals surface area contributed by atoms with Crippen LogP contribution < -0.4 is 11.2 Å². The Morgan fingerprint density at radius 3 is 2.85 bits per heavy atom. The average molecular weight is 355 g/mol. The van der Waals surface area contributed by atoms with Gasteiger partial charge in [0.2, 0.25) is 5.95 Å². The van der Waals surface area contributed by atoms with Crippen LogP contribution in [0, 0.1) is 0 Å². The Balaban J connectivity index is 1.65. The number of nitrogens with one attached hydrogen (secondary N) is 1. The summed E-state index contributed by atoms with van der Waals surface area (Å²) in [6, 6.07) is 9.68. The van der Waals surface area contributed by atoms with E-state index < -0.39 is 11.9 Å². The number of carbonyl (C=O) groups is 2. The Bertz CT molecular complexity index is 976. The van der Waals surface area contributed by atoms with E-state index in [2.05, 4.69) is 26.1 Å². The molecule has 0 unspecified atom stereocenters. The van der Waals surface area contributed by atoms with Crippen LogP contribution in [0.2, 0.25) is 0 Å². The van der Waals surface area contributed by atoms with Gasteiger partial charge in [0.1, 0.15) is 18.1 Å². The molecule has 0 aliphatic rings. The molecule has 1 aromatic carbocycles. The first-order valence-electron chi connectivity index (χ1n) is 7.30. The molecule has 0 atom stereocenters. The largest absolute Gasteiger partial charge is 0.478 e. The second kappa shape index (κ2) is 7.25. The summed E-state index contributed by atoms with van der Waals surface area (Å²) in [5.41, 5.74) is 8.30. The summed E-state index contributed by atoms with van der Waals surface area (Å²) in [5, 5.41) is 23.3. The molecule has 0 saturated heterocycles. The van der Waals surface area contributed by atoms with Crippen molar-refractivity contribution in [3.05, 3.63) is 47.7 Å². The van der Waals surface area contributed by atoms with Crippen molar-refractivity contribution in [3.63, 3.8) is 0 Å². The lowest BCUT2D eigenvalue weighted by Gasteiger charge is -2.02. The molecule has 0 fully saturated rings. The zero-order valence-corrected chi connectivity index (χ0v) is 13.2. The van der Waals surface area contributed by atoms with Crippen molar-refractivity contribution in [2.24, 2.45) is 5.10 Å². The number of hydrazone groups is 1. The van der Waals surface area contributed by atoms with Gasteiger partial charge in [0.05, 0.1) is 11.8 Å². The fourth-order valence-corrected chi connectivity index (χ4v) is 2.11. The number of amides is 1. The van der Waals surface area contributed by atoms with Crippen LogP contribution in [0.15, 0.2) is 45.9 Å². The molecule has 2 heterocycles. The van der Waals surface area contributed by atoms with Crippen molar-refractivity contribution < 1.29 is 19.1 Å². The number of tetrazole rings is 1. The van der Waals surface area contributed by atoms with Crippen molar-refractivity contribution in [2.45, 2.75) is 6.54 Å². The number of nitrogen functional groups attached to an aromatic ring is 1. The highest BCUT2D eigenvalue weighted by atomic mass is 16.4. The smallest absolute Gasteiger partial charge is 0.336 e. The van der Waals surface area contributed by atoms with Crippen LogP contribution in [0.5, 0.6) is 0 Å². The molecule has 0 saturated carbocycles. The zero-order valence-electron chi connectivity index (χ0n) is 13.2. The lowest BCUT2D eigenvalue weighted by Crippen LogP contribution is -2.24. The lowest BCUT2D eigenvalue weighted by atomic mass is 10.1. The number of carboxylic acids is 1. The Labute approximate surface area is 146 Å². The van der Waals surface area contributed by atoms with E-state index in [1.54, 1.807) is 30.3 Å². The fraction of sp³-hybridized carbons (Fsp3) is 0.0667. The molecule has 3 rings (SSSR count). The highest BCUT2D eigenvalue weighted by Crippen LogP contribution is 2.25. The number of carboxylic acid groups (broad SMARTS) is 1. The van der Waals surface area contributed by atoms with Crippen molar-refractivity contribution in [3.8, 4) is 11.3 Å². The summed E-state index contributed by atoms with van der Waals surface area (Å²) >= 11 is 0. The SMILES string of the molecule is Nc1nnnn1CC(=O)N/N=C\c1ccc(-c2ccccc2C(=O)O)o1. The number of nitrogens with two attached hydrogens (primary N) is 1. The van der Waals surface area contributed by atoms with E-state index in [1.165, 1.54) is 12.3 Å². The molecule has 4 N–H and O–H groups in total. The van der Waals surface area contributed by atoms with Crippen molar-refractivity contribution in [1.29, 1.82) is 0 Å². The maximum Gasteiger partial charge on any atom is 0.336 e. The first-order chi connectivity index (χ1) is 12.5. The van der Waals surface area contributed by atoms with Crippen LogP contribution in [-0.2, 0) is 11.3 Å². The standard InChI is InChI=1S/C15H13N7O4/c16-15-19-20-21-22(15)8-13(23)18-17-7-9-5-6-12(26-9)10-3-1-2-4-11(10)14(24)25/h1-7H,8H2,(H,18,23)(H,24,25)(H2,16,19,21)/b17-7-. The van der Waals surface area contributed by atoms with Crippen LogP contribution in [0.4, 0.5) is 5.95 Å². The van der Waals surface area contributed by atoms with Gasteiger partial charge >= 0.3 is 5.97 Å². The van der Waals surface area contributed by atoms with E-state index in [1.807, 2.05) is 0 Å². The number of anilines is 1. The molecule has 0 aliphatic carbocycles. The van der Waals surface area contributed by atoms with Crippen LogP contribution >= 0.6 is 0 Å². The van der Waals surface area contributed by atoms with Crippen molar-refractivity contribution in [2.75, 3.05) is 5.73 Å². The maximum absolute atomic E-state index is 11.7. The van der Waals surface area contributed by atoms with Crippen LogP contribution in [0.3, 0.4) is 0 Å². The van der Waals surface area contributed by atoms with E-state index in [0.29, 0.717) is 17.1 Å². The fourth-order valence-electron chi connectivity index (χ4n) is 2.11.